The van der Waals surface area contributed by atoms with Crippen molar-refractivity contribution in [2.75, 3.05) is 37.6 Å². The number of aromatic amines is 1. The van der Waals surface area contributed by atoms with Crippen molar-refractivity contribution >= 4 is 40.6 Å². The summed E-state index contributed by atoms with van der Waals surface area (Å²) in [5.41, 5.74) is 1.88. The number of hydrogen-bond acceptors (Lipinski definition) is 5. The van der Waals surface area contributed by atoms with E-state index in [0.29, 0.717) is 18.0 Å². The van der Waals surface area contributed by atoms with Crippen LogP contribution in [-0.4, -0.2) is 64.6 Å². The molecule has 0 spiro atoms. The van der Waals surface area contributed by atoms with Crippen LogP contribution in [0, 0.1) is 0 Å². The predicted octanol–water partition coefficient (Wildman–Crippen LogP) is 2.40. The van der Waals surface area contributed by atoms with Crippen molar-refractivity contribution in [2.45, 2.75) is 0 Å². The number of hydrogen-bond donors (Lipinski definition) is 1. The largest absolute Gasteiger partial charge is 0.368 e. The quantitative estimate of drug-likeness (QED) is 0.803. The maximum atomic E-state index is 12.6. The predicted molar refractivity (Wildman–Crippen MR) is 109 cm³/mol. The van der Waals surface area contributed by atoms with Crippen molar-refractivity contribution in [3.05, 3.63) is 59.3 Å². The Balaban J connectivity index is 1.35. The third-order valence-corrected chi connectivity index (χ3v) is 5.74. The van der Waals surface area contributed by atoms with E-state index in [1.165, 1.54) is 0 Å². The summed E-state index contributed by atoms with van der Waals surface area (Å²) in [5.74, 6) is -0.614. The summed E-state index contributed by atoms with van der Waals surface area (Å²) in [4.78, 5) is 45.7. The van der Waals surface area contributed by atoms with Gasteiger partial charge in [0.2, 0.25) is 5.91 Å². The van der Waals surface area contributed by atoms with Crippen molar-refractivity contribution in [3.63, 3.8) is 0 Å². The van der Waals surface area contributed by atoms with E-state index in [-0.39, 0.29) is 12.5 Å². The lowest BCUT2D eigenvalue weighted by Crippen LogP contribution is -2.51. The van der Waals surface area contributed by atoms with E-state index in [4.69, 9.17) is 0 Å². The highest BCUT2D eigenvalue weighted by Gasteiger charge is 2.37. The van der Waals surface area contributed by atoms with Gasteiger partial charge in [0.1, 0.15) is 6.54 Å². The SMILES string of the molecule is O=C(CN1C(=O)S/C(=C/c2ccc[nH]2)C1=O)N1CCN(c2ccccc2)CC1. The van der Waals surface area contributed by atoms with Crippen LogP contribution in [0.4, 0.5) is 10.5 Å². The molecule has 4 rings (SSSR count). The van der Waals surface area contributed by atoms with Crippen molar-refractivity contribution < 1.29 is 14.4 Å². The number of piperazine rings is 1. The fourth-order valence-electron chi connectivity index (χ4n) is 3.30. The second-order valence-electron chi connectivity index (χ2n) is 6.60. The van der Waals surface area contributed by atoms with Crippen LogP contribution >= 0.6 is 11.8 Å². The van der Waals surface area contributed by atoms with E-state index in [1.54, 1.807) is 17.2 Å². The Kier molecular flexibility index (Phi) is 5.21. The molecule has 2 aliphatic heterocycles. The minimum absolute atomic E-state index is 0.198. The van der Waals surface area contributed by atoms with Crippen LogP contribution in [0.25, 0.3) is 6.08 Å². The minimum Gasteiger partial charge on any atom is -0.368 e. The molecule has 0 aliphatic carbocycles. The molecule has 0 saturated carbocycles. The van der Waals surface area contributed by atoms with Gasteiger partial charge in [-0.3, -0.25) is 19.3 Å². The number of amides is 3. The Bertz CT molecular complexity index is 903. The molecule has 1 N–H and O–H groups in total. The first-order valence-corrected chi connectivity index (χ1v) is 9.90. The molecular weight excluding hydrogens is 376 g/mol. The molecule has 3 heterocycles. The average Bonchev–Trinajstić information content (AvgIpc) is 3.33. The normalized spacial score (nSPS) is 19.0. The lowest BCUT2D eigenvalue weighted by Gasteiger charge is -2.36. The second kappa shape index (κ2) is 7.93. The number of benzene rings is 1. The number of H-pyrrole nitrogens is 1. The molecule has 1 aromatic heterocycles. The second-order valence-corrected chi connectivity index (χ2v) is 7.59. The van der Waals surface area contributed by atoms with Crippen LogP contribution in [0.15, 0.2) is 53.6 Å². The van der Waals surface area contributed by atoms with Gasteiger partial charge in [-0.25, -0.2) is 0 Å². The van der Waals surface area contributed by atoms with Crippen molar-refractivity contribution in [1.82, 2.24) is 14.8 Å². The highest BCUT2D eigenvalue weighted by Crippen LogP contribution is 2.32. The Morgan fingerprint density at radius 3 is 2.46 bits per heavy atom. The monoisotopic (exact) mass is 396 g/mol. The van der Waals surface area contributed by atoms with Crippen LogP contribution in [0.3, 0.4) is 0 Å². The lowest BCUT2D eigenvalue weighted by molar-refractivity contribution is -0.136. The fraction of sp³-hybridized carbons (Fsp3) is 0.250. The zero-order chi connectivity index (χ0) is 19.5. The van der Waals surface area contributed by atoms with E-state index in [2.05, 4.69) is 9.88 Å². The topological polar surface area (TPSA) is 76.7 Å². The summed E-state index contributed by atoms with van der Waals surface area (Å²) in [5, 5.41) is -0.404. The standard InChI is InChI=1S/C20H20N4O3S/c25-18(23-11-9-22(10-12-23)16-6-2-1-3-7-16)14-24-19(26)17(28-20(24)27)13-15-5-4-8-21-15/h1-8,13,21H,9-12,14H2/b17-13+. The van der Waals surface area contributed by atoms with Gasteiger partial charge in [-0.15, -0.1) is 0 Å². The molecule has 7 nitrogen and oxygen atoms in total. The van der Waals surface area contributed by atoms with Gasteiger partial charge in [0.25, 0.3) is 11.1 Å². The third-order valence-electron chi connectivity index (χ3n) is 4.83. The summed E-state index contributed by atoms with van der Waals surface area (Å²) in [6, 6.07) is 13.7. The first-order chi connectivity index (χ1) is 13.6. The average molecular weight is 396 g/mol. The smallest absolute Gasteiger partial charge is 0.294 e. The number of imide groups is 1. The maximum Gasteiger partial charge on any atom is 0.294 e. The molecule has 0 radical (unpaired) electrons. The fourth-order valence-corrected chi connectivity index (χ4v) is 4.13. The van der Waals surface area contributed by atoms with Crippen LogP contribution in [-0.2, 0) is 9.59 Å². The van der Waals surface area contributed by atoms with Crippen LogP contribution in [0.2, 0.25) is 0 Å². The molecule has 1 aromatic carbocycles. The maximum absolute atomic E-state index is 12.6. The molecule has 2 saturated heterocycles. The van der Waals surface area contributed by atoms with Gasteiger partial charge < -0.3 is 14.8 Å². The molecule has 2 aromatic rings. The number of thioether (sulfide) groups is 1. The first-order valence-electron chi connectivity index (χ1n) is 9.08. The number of anilines is 1. The zero-order valence-electron chi connectivity index (χ0n) is 15.2. The first kappa shape index (κ1) is 18.4. The van der Waals surface area contributed by atoms with Crippen LogP contribution in [0.1, 0.15) is 5.69 Å². The van der Waals surface area contributed by atoms with E-state index in [0.717, 1.165) is 41.1 Å². The van der Waals surface area contributed by atoms with Gasteiger partial charge >= 0.3 is 0 Å². The van der Waals surface area contributed by atoms with E-state index >= 15 is 0 Å². The summed E-state index contributed by atoms with van der Waals surface area (Å²) < 4.78 is 0. The van der Waals surface area contributed by atoms with Gasteiger partial charge in [-0.05, 0) is 42.1 Å². The summed E-state index contributed by atoms with van der Waals surface area (Å²) in [6.45, 7) is 2.39. The molecule has 144 valence electrons. The summed E-state index contributed by atoms with van der Waals surface area (Å²) in [6.07, 6.45) is 3.38. The van der Waals surface area contributed by atoms with E-state index < -0.39 is 11.1 Å². The van der Waals surface area contributed by atoms with Gasteiger partial charge in [0.05, 0.1) is 4.91 Å². The Hall–Kier alpha value is -3.00. The molecule has 0 atom stereocenters. The number of aromatic nitrogens is 1. The number of nitrogens with zero attached hydrogens (tertiary/aromatic N) is 3. The molecule has 28 heavy (non-hydrogen) atoms. The number of rotatable bonds is 4. The lowest BCUT2D eigenvalue weighted by atomic mass is 10.2. The number of nitrogens with one attached hydrogen (secondary N) is 1. The van der Waals surface area contributed by atoms with Crippen molar-refractivity contribution in [3.8, 4) is 0 Å². The van der Waals surface area contributed by atoms with E-state index in [9.17, 15) is 14.4 Å². The van der Waals surface area contributed by atoms with Gasteiger partial charge in [0.15, 0.2) is 0 Å². The Labute approximate surface area is 167 Å². The molecule has 2 aliphatic rings. The molecular formula is C20H20N4O3S. The van der Waals surface area contributed by atoms with Crippen LogP contribution in [0.5, 0.6) is 0 Å². The molecule has 8 heteroatoms. The minimum atomic E-state index is -0.416. The Morgan fingerprint density at radius 1 is 1.04 bits per heavy atom. The summed E-state index contributed by atoms with van der Waals surface area (Å²) >= 11 is 0.866. The zero-order valence-corrected chi connectivity index (χ0v) is 16.0. The highest BCUT2D eigenvalue weighted by molar-refractivity contribution is 8.18. The highest BCUT2D eigenvalue weighted by atomic mass is 32.2. The molecule has 0 unspecified atom stereocenters. The van der Waals surface area contributed by atoms with E-state index in [1.807, 2.05) is 42.5 Å². The van der Waals surface area contributed by atoms with Crippen LogP contribution < -0.4 is 4.90 Å². The molecule has 2 fully saturated rings. The number of carbonyl (C=O) groups is 3. The third kappa shape index (κ3) is 3.82. The molecule has 0 bridgehead atoms. The van der Waals surface area contributed by atoms with Gasteiger partial charge in [-0.2, -0.15) is 0 Å². The van der Waals surface area contributed by atoms with Crippen molar-refractivity contribution in [2.24, 2.45) is 0 Å². The Morgan fingerprint density at radius 2 is 1.79 bits per heavy atom. The van der Waals surface area contributed by atoms with Gasteiger partial charge in [-0.1, -0.05) is 18.2 Å². The van der Waals surface area contributed by atoms with Crippen molar-refractivity contribution in [1.29, 1.82) is 0 Å². The molecule has 3 amide bonds. The number of carbonyl (C=O) groups excluding carboxylic acids is 3. The summed E-state index contributed by atoms with van der Waals surface area (Å²) in [7, 11) is 0. The number of para-hydroxylation sites is 1. The van der Waals surface area contributed by atoms with Gasteiger partial charge in [0, 0.05) is 43.8 Å².